The predicted octanol–water partition coefficient (Wildman–Crippen LogP) is 4.66. The first kappa shape index (κ1) is 45.9. The largest absolute Gasteiger partial charge is 0.490 e. The van der Waals surface area contributed by atoms with Crippen molar-refractivity contribution in [2.75, 3.05) is 102 Å². The van der Waals surface area contributed by atoms with E-state index in [-0.39, 0.29) is 22.1 Å². The predicted molar refractivity (Wildman–Crippen MR) is 247 cm³/mol. The molecule has 0 bridgehead atoms. The molecule has 5 aliphatic rings. The molecule has 4 aromatic rings. The van der Waals surface area contributed by atoms with Crippen molar-refractivity contribution in [3.05, 3.63) is 89.0 Å². The highest BCUT2D eigenvalue weighted by atomic mass is 35.5. The molecular weight excluding hydrogens is 885 g/mol. The molecule has 1 unspecified atom stereocenters. The summed E-state index contributed by atoms with van der Waals surface area (Å²) in [6, 6.07) is 12.0. The molecule has 19 heteroatoms. The first-order chi connectivity index (χ1) is 32.6. The average Bonchev–Trinajstić information content (AvgIpc) is 3.58. The molecule has 0 aliphatic carbocycles. The monoisotopic (exact) mass is 937 g/mol. The van der Waals surface area contributed by atoms with E-state index in [2.05, 4.69) is 35.3 Å². The Hall–Kier alpha value is -6.21. The molecule has 5 amide bonds. The van der Waals surface area contributed by atoms with Gasteiger partial charge in [0, 0.05) is 87.7 Å². The molecular formula is C48H53ClFN9O8. The lowest BCUT2D eigenvalue weighted by Gasteiger charge is -2.37. The van der Waals surface area contributed by atoms with Crippen LogP contribution < -0.4 is 25.0 Å². The van der Waals surface area contributed by atoms with Gasteiger partial charge in [-0.05, 0) is 93.2 Å². The highest BCUT2D eigenvalue weighted by molar-refractivity contribution is 6.31. The average molecular weight is 938 g/mol. The van der Waals surface area contributed by atoms with Gasteiger partial charge in [-0.3, -0.25) is 39.1 Å². The van der Waals surface area contributed by atoms with Crippen LogP contribution >= 0.6 is 11.6 Å². The third-order valence-electron chi connectivity index (χ3n) is 13.0. The summed E-state index contributed by atoms with van der Waals surface area (Å²) in [7, 11) is 0. The normalized spacial score (nSPS) is 19.6. The van der Waals surface area contributed by atoms with Crippen LogP contribution in [0.3, 0.4) is 0 Å². The van der Waals surface area contributed by atoms with Crippen LogP contribution in [-0.4, -0.2) is 157 Å². The van der Waals surface area contributed by atoms with E-state index in [0.717, 1.165) is 100 Å². The number of fused-ring (bicyclic) bond motifs is 2. The number of piperazine rings is 1. The molecule has 1 aromatic heterocycles. The van der Waals surface area contributed by atoms with Gasteiger partial charge in [0.1, 0.15) is 24.0 Å². The number of nitrogens with zero attached hydrogens (tertiary/aromatic N) is 7. The van der Waals surface area contributed by atoms with Gasteiger partial charge >= 0.3 is 0 Å². The van der Waals surface area contributed by atoms with Gasteiger partial charge in [0.2, 0.25) is 11.8 Å². The number of halogens is 2. The lowest BCUT2D eigenvalue weighted by Crippen LogP contribution is -2.51. The van der Waals surface area contributed by atoms with Crippen molar-refractivity contribution in [2.24, 2.45) is 5.92 Å². The molecule has 9 rings (SSSR count). The maximum Gasteiger partial charge on any atom is 0.262 e. The number of ether oxygens (including phenoxy) is 3. The standard InChI is InChI=1S/C48H53ClFN9O8/c49-37-26-32(3-6-38(37)50)53-45-36-28-41(66-21-2-12-56-19-23-65-24-20-56)42(29-39(36)51-30-52-45)67-22-1-11-55-13-9-31(10-14-55)25-44(61)58-17-15-57(16-18-58)33-4-5-34-35(27-33)48(64)59(47(34)63)40-7-8-43(60)54-46(40)62/h3-8,26-31,40H,1-2,9-25H2,(H,51,52,53)(H,54,60,62). The molecule has 67 heavy (non-hydrogen) atoms. The van der Waals surface area contributed by atoms with Crippen molar-refractivity contribution >= 4 is 69.2 Å². The third kappa shape index (κ3) is 10.7. The summed E-state index contributed by atoms with van der Waals surface area (Å²) in [4.78, 5) is 82.6. The molecule has 6 heterocycles. The van der Waals surface area contributed by atoms with E-state index in [1.165, 1.54) is 24.5 Å². The molecule has 1 atom stereocenters. The Kier molecular flexibility index (Phi) is 14.2. The van der Waals surface area contributed by atoms with Crippen molar-refractivity contribution in [3.8, 4) is 11.5 Å². The summed E-state index contributed by atoms with van der Waals surface area (Å²) < 4.78 is 32.1. The van der Waals surface area contributed by atoms with Crippen molar-refractivity contribution in [1.82, 2.24) is 34.9 Å². The van der Waals surface area contributed by atoms with Crippen LogP contribution in [0.5, 0.6) is 11.5 Å². The fourth-order valence-corrected chi connectivity index (χ4v) is 9.45. The number of nitrogens with one attached hydrogen (secondary N) is 2. The van der Waals surface area contributed by atoms with E-state index < -0.39 is 35.5 Å². The van der Waals surface area contributed by atoms with Gasteiger partial charge in [0.05, 0.1) is 48.1 Å². The first-order valence-corrected chi connectivity index (χ1v) is 23.3. The third-order valence-corrected chi connectivity index (χ3v) is 13.3. The highest BCUT2D eigenvalue weighted by Gasteiger charge is 2.43. The summed E-state index contributed by atoms with van der Waals surface area (Å²) in [5, 5.41) is 6.10. The van der Waals surface area contributed by atoms with Gasteiger partial charge < -0.3 is 34.2 Å². The number of anilines is 3. The van der Waals surface area contributed by atoms with Crippen molar-refractivity contribution in [3.63, 3.8) is 0 Å². The van der Waals surface area contributed by atoms with Crippen LogP contribution in [-0.2, 0) is 19.1 Å². The van der Waals surface area contributed by atoms with Gasteiger partial charge in [0.15, 0.2) is 11.5 Å². The first-order valence-electron chi connectivity index (χ1n) is 22.9. The van der Waals surface area contributed by atoms with Crippen molar-refractivity contribution in [1.29, 1.82) is 0 Å². The topological polar surface area (TPSA) is 179 Å². The summed E-state index contributed by atoms with van der Waals surface area (Å²) in [5.74, 6) is -0.817. The number of carbonyl (C=O) groups excluding carboxylic acids is 5. The van der Waals surface area contributed by atoms with E-state index in [9.17, 15) is 28.4 Å². The second-order valence-corrected chi connectivity index (χ2v) is 17.8. The molecule has 0 saturated carbocycles. The van der Waals surface area contributed by atoms with Gasteiger partial charge in [-0.25, -0.2) is 14.4 Å². The number of rotatable bonds is 16. The number of hydrogen-bond donors (Lipinski definition) is 2. The number of morpholine rings is 1. The number of amides is 5. The highest BCUT2D eigenvalue weighted by Crippen LogP contribution is 2.36. The summed E-state index contributed by atoms with van der Waals surface area (Å²) >= 11 is 6.05. The lowest BCUT2D eigenvalue weighted by atomic mass is 9.92. The second-order valence-electron chi connectivity index (χ2n) is 17.4. The number of benzene rings is 3. The Morgan fingerprint density at radius 1 is 0.821 bits per heavy atom. The minimum atomic E-state index is -1.19. The van der Waals surface area contributed by atoms with Gasteiger partial charge in [-0.1, -0.05) is 11.6 Å². The second kappa shape index (κ2) is 20.8. The quantitative estimate of drug-likeness (QED) is 0.117. The molecule has 5 aliphatic heterocycles. The molecule has 352 valence electrons. The molecule has 0 spiro atoms. The SMILES string of the molecule is O=C1C=CC(N2C(=O)c3ccc(N4CCN(C(=O)CC5CCN(CCCOc6cc7ncnc(Nc8ccc(F)c(Cl)c8)c7cc6OCCCN6CCOCC6)CC5)CC4)cc3C2=O)C(=O)N1. The number of carbonyl (C=O) groups is 5. The number of likely N-dealkylation sites (tertiary alicyclic amines) is 1. The Morgan fingerprint density at radius 3 is 2.24 bits per heavy atom. The number of imide groups is 2. The fraction of sp³-hybridized carbons (Fsp3) is 0.438. The maximum absolute atomic E-state index is 13.9. The summed E-state index contributed by atoms with van der Waals surface area (Å²) in [6.45, 7) is 10.1. The fourth-order valence-electron chi connectivity index (χ4n) is 9.27. The van der Waals surface area contributed by atoms with Gasteiger partial charge in [0.25, 0.3) is 17.7 Å². The maximum atomic E-state index is 13.9. The van der Waals surface area contributed by atoms with Crippen molar-refractivity contribution in [2.45, 2.75) is 38.1 Å². The van der Waals surface area contributed by atoms with Gasteiger partial charge in [-0.15, -0.1) is 0 Å². The van der Waals surface area contributed by atoms with Gasteiger partial charge in [-0.2, -0.15) is 0 Å². The smallest absolute Gasteiger partial charge is 0.262 e. The van der Waals surface area contributed by atoms with Crippen molar-refractivity contribution < 1.29 is 42.6 Å². The Balaban J connectivity index is 0.732. The van der Waals surface area contributed by atoms with E-state index in [0.29, 0.717) is 80.3 Å². The van der Waals surface area contributed by atoms with Crippen LogP contribution in [0.15, 0.2) is 67.0 Å². The van der Waals surface area contributed by atoms with Crippen LogP contribution in [0.1, 0.15) is 52.8 Å². The number of aromatic nitrogens is 2. The number of hydrogen-bond acceptors (Lipinski definition) is 14. The van der Waals surface area contributed by atoms with E-state index >= 15 is 0 Å². The van der Waals surface area contributed by atoms with E-state index in [1.807, 2.05) is 17.0 Å². The Bertz CT molecular complexity index is 2560. The zero-order valence-corrected chi connectivity index (χ0v) is 37.8. The zero-order valence-electron chi connectivity index (χ0n) is 37.1. The molecule has 3 fully saturated rings. The molecule has 3 saturated heterocycles. The van der Waals surface area contributed by atoms with Crippen LogP contribution in [0, 0.1) is 11.7 Å². The molecule has 2 N–H and O–H groups in total. The Morgan fingerprint density at radius 2 is 1.52 bits per heavy atom. The van der Waals surface area contributed by atoms with Crippen LogP contribution in [0.2, 0.25) is 5.02 Å². The van der Waals surface area contributed by atoms with E-state index in [4.69, 9.17) is 25.8 Å². The summed E-state index contributed by atoms with van der Waals surface area (Å²) in [6.07, 6.45) is 7.89. The molecule has 17 nitrogen and oxygen atoms in total. The summed E-state index contributed by atoms with van der Waals surface area (Å²) in [5.41, 5.74) is 2.43. The molecule has 3 aromatic carbocycles. The van der Waals surface area contributed by atoms with Crippen LogP contribution in [0.4, 0.5) is 21.6 Å². The minimum Gasteiger partial charge on any atom is -0.490 e. The minimum absolute atomic E-state index is 0.00532. The molecule has 0 radical (unpaired) electrons. The number of piperidine rings is 1. The Labute approximate surface area is 392 Å². The lowest BCUT2D eigenvalue weighted by molar-refractivity contribution is -0.133. The van der Waals surface area contributed by atoms with Crippen LogP contribution in [0.25, 0.3) is 10.9 Å². The zero-order chi connectivity index (χ0) is 46.4. The van der Waals surface area contributed by atoms with E-state index in [1.54, 1.807) is 24.3 Å².